The Morgan fingerprint density at radius 3 is 2.41 bits per heavy atom. The SMILES string of the molecule is CCCCN(C)c1ccc(C(=O)N(C)Cc2ccccc2N2CCOCC2)cc1. The number of carbonyl (C=O) groups is 1. The zero-order valence-electron chi connectivity index (χ0n) is 17.9. The first-order valence-corrected chi connectivity index (χ1v) is 10.6. The molecule has 156 valence electrons. The first-order valence-electron chi connectivity index (χ1n) is 10.6. The topological polar surface area (TPSA) is 36.0 Å². The van der Waals surface area contributed by atoms with Crippen LogP contribution in [0.3, 0.4) is 0 Å². The van der Waals surface area contributed by atoms with E-state index in [1.807, 2.05) is 37.4 Å². The van der Waals surface area contributed by atoms with E-state index >= 15 is 0 Å². The Labute approximate surface area is 174 Å². The number of benzene rings is 2. The van der Waals surface area contributed by atoms with Gasteiger partial charge in [-0.25, -0.2) is 0 Å². The van der Waals surface area contributed by atoms with Gasteiger partial charge in [0.15, 0.2) is 0 Å². The minimum atomic E-state index is 0.0459. The van der Waals surface area contributed by atoms with Crippen LogP contribution in [-0.4, -0.2) is 57.8 Å². The number of hydrogen-bond acceptors (Lipinski definition) is 4. The van der Waals surface area contributed by atoms with E-state index < -0.39 is 0 Å². The maximum Gasteiger partial charge on any atom is 0.253 e. The van der Waals surface area contributed by atoms with Crippen molar-refractivity contribution < 1.29 is 9.53 Å². The Bertz CT molecular complexity index is 785. The fourth-order valence-electron chi connectivity index (χ4n) is 3.69. The van der Waals surface area contributed by atoms with Crippen molar-refractivity contribution >= 4 is 17.3 Å². The van der Waals surface area contributed by atoms with Gasteiger partial charge in [-0.15, -0.1) is 0 Å². The Morgan fingerprint density at radius 2 is 1.72 bits per heavy atom. The average molecular weight is 396 g/mol. The van der Waals surface area contributed by atoms with Crippen LogP contribution in [0.15, 0.2) is 48.5 Å². The van der Waals surface area contributed by atoms with E-state index in [2.05, 4.69) is 42.0 Å². The normalized spacial score (nSPS) is 14.0. The van der Waals surface area contributed by atoms with E-state index in [0.29, 0.717) is 6.54 Å². The first kappa shape index (κ1) is 21.2. The van der Waals surface area contributed by atoms with Crippen LogP contribution in [0.2, 0.25) is 0 Å². The number of rotatable bonds is 8. The molecule has 0 spiro atoms. The van der Waals surface area contributed by atoms with E-state index in [-0.39, 0.29) is 5.91 Å². The molecule has 3 rings (SSSR count). The van der Waals surface area contributed by atoms with Gasteiger partial charge >= 0.3 is 0 Å². The van der Waals surface area contributed by atoms with Crippen LogP contribution in [0.4, 0.5) is 11.4 Å². The van der Waals surface area contributed by atoms with Crippen molar-refractivity contribution in [3.05, 3.63) is 59.7 Å². The molecule has 1 amide bonds. The summed E-state index contributed by atoms with van der Waals surface area (Å²) >= 11 is 0. The van der Waals surface area contributed by atoms with Crippen molar-refractivity contribution in [2.75, 3.05) is 56.7 Å². The van der Waals surface area contributed by atoms with Gasteiger partial charge in [0.05, 0.1) is 13.2 Å². The molecule has 0 N–H and O–H groups in total. The van der Waals surface area contributed by atoms with Crippen molar-refractivity contribution in [2.45, 2.75) is 26.3 Å². The second kappa shape index (κ2) is 10.3. The summed E-state index contributed by atoms with van der Waals surface area (Å²) in [5.74, 6) is 0.0459. The Hall–Kier alpha value is -2.53. The summed E-state index contributed by atoms with van der Waals surface area (Å²) in [7, 11) is 3.97. The number of hydrogen-bond donors (Lipinski definition) is 0. The molecular weight excluding hydrogens is 362 g/mol. The summed E-state index contributed by atoms with van der Waals surface area (Å²) < 4.78 is 5.48. The molecule has 29 heavy (non-hydrogen) atoms. The highest BCUT2D eigenvalue weighted by molar-refractivity contribution is 5.94. The van der Waals surface area contributed by atoms with Crippen molar-refractivity contribution in [3.63, 3.8) is 0 Å². The van der Waals surface area contributed by atoms with Crippen molar-refractivity contribution in [2.24, 2.45) is 0 Å². The molecule has 5 heteroatoms. The molecule has 1 fully saturated rings. The highest BCUT2D eigenvalue weighted by atomic mass is 16.5. The monoisotopic (exact) mass is 395 g/mol. The number of morpholine rings is 1. The van der Waals surface area contributed by atoms with Crippen LogP contribution < -0.4 is 9.80 Å². The first-order chi connectivity index (χ1) is 14.1. The zero-order valence-corrected chi connectivity index (χ0v) is 17.9. The van der Waals surface area contributed by atoms with E-state index in [1.165, 1.54) is 24.1 Å². The largest absolute Gasteiger partial charge is 0.378 e. The lowest BCUT2D eigenvalue weighted by Gasteiger charge is -2.31. The number of para-hydroxylation sites is 1. The maximum atomic E-state index is 13.0. The third kappa shape index (κ3) is 5.51. The molecule has 5 nitrogen and oxygen atoms in total. The number of anilines is 2. The van der Waals surface area contributed by atoms with Crippen LogP contribution in [0.1, 0.15) is 35.7 Å². The molecule has 0 unspecified atom stereocenters. The molecule has 0 radical (unpaired) electrons. The standard InChI is InChI=1S/C24H33N3O2/c1-4-5-14-25(2)22-12-10-20(11-13-22)24(28)26(3)19-21-8-6-7-9-23(21)27-15-17-29-18-16-27/h6-13H,4-5,14-19H2,1-3H3. The van der Waals surface area contributed by atoms with Gasteiger partial charge in [0.25, 0.3) is 5.91 Å². The molecule has 0 saturated carbocycles. The number of amides is 1. The van der Waals surface area contributed by atoms with Crippen molar-refractivity contribution in [1.29, 1.82) is 0 Å². The molecule has 1 aliphatic heterocycles. The maximum absolute atomic E-state index is 13.0. The number of nitrogens with zero attached hydrogens (tertiary/aromatic N) is 3. The molecule has 0 aromatic heterocycles. The minimum absolute atomic E-state index is 0.0459. The average Bonchev–Trinajstić information content (AvgIpc) is 2.78. The highest BCUT2D eigenvalue weighted by Gasteiger charge is 2.18. The molecule has 0 aliphatic carbocycles. The highest BCUT2D eigenvalue weighted by Crippen LogP contribution is 2.23. The lowest BCUT2D eigenvalue weighted by molar-refractivity contribution is 0.0785. The fraction of sp³-hybridized carbons (Fsp3) is 0.458. The van der Waals surface area contributed by atoms with Gasteiger partial charge in [0.1, 0.15) is 0 Å². The predicted molar refractivity (Wildman–Crippen MR) is 120 cm³/mol. The second-order valence-corrected chi connectivity index (χ2v) is 7.71. The van der Waals surface area contributed by atoms with Gasteiger partial charge < -0.3 is 19.4 Å². The van der Waals surface area contributed by atoms with Crippen molar-refractivity contribution in [3.8, 4) is 0 Å². The van der Waals surface area contributed by atoms with Crippen LogP contribution in [0.5, 0.6) is 0 Å². The van der Waals surface area contributed by atoms with E-state index in [4.69, 9.17) is 4.74 Å². The number of unbranched alkanes of at least 4 members (excludes halogenated alkanes) is 1. The third-order valence-corrected chi connectivity index (χ3v) is 5.50. The van der Waals surface area contributed by atoms with Crippen LogP contribution in [-0.2, 0) is 11.3 Å². The van der Waals surface area contributed by atoms with E-state index in [1.54, 1.807) is 4.90 Å². The van der Waals surface area contributed by atoms with Gasteiger partial charge in [-0.1, -0.05) is 31.5 Å². The van der Waals surface area contributed by atoms with Gasteiger partial charge in [-0.3, -0.25) is 4.79 Å². The smallest absolute Gasteiger partial charge is 0.253 e. The third-order valence-electron chi connectivity index (χ3n) is 5.50. The molecule has 2 aromatic carbocycles. The van der Waals surface area contributed by atoms with Crippen LogP contribution >= 0.6 is 0 Å². The van der Waals surface area contributed by atoms with Crippen LogP contribution in [0, 0.1) is 0 Å². The fourth-order valence-corrected chi connectivity index (χ4v) is 3.69. The molecule has 0 bridgehead atoms. The molecular formula is C24H33N3O2. The Kier molecular flexibility index (Phi) is 7.53. The quantitative estimate of drug-likeness (QED) is 0.676. The van der Waals surface area contributed by atoms with Gasteiger partial charge in [0.2, 0.25) is 0 Å². The van der Waals surface area contributed by atoms with Gasteiger partial charge in [-0.05, 0) is 42.3 Å². The zero-order chi connectivity index (χ0) is 20.6. The number of ether oxygens (including phenoxy) is 1. The second-order valence-electron chi connectivity index (χ2n) is 7.71. The summed E-state index contributed by atoms with van der Waals surface area (Å²) in [6.07, 6.45) is 2.35. The summed E-state index contributed by atoms with van der Waals surface area (Å²) in [4.78, 5) is 19.4. The number of carbonyl (C=O) groups excluding carboxylic acids is 1. The van der Waals surface area contributed by atoms with Gasteiger partial charge in [0, 0.05) is 57.2 Å². The van der Waals surface area contributed by atoms with Gasteiger partial charge in [-0.2, -0.15) is 0 Å². The molecule has 0 atom stereocenters. The van der Waals surface area contributed by atoms with Crippen molar-refractivity contribution in [1.82, 2.24) is 4.90 Å². The lowest BCUT2D eigenvalue weighted by Crippen LogP contribution is -2.37. The minimum Gasteiger partial charge on any atom is -0.378 e. The Morgan fingerprint density at radius 1 is 1.03 bits per heavy atom. The summed E-state index contributed by atoms with van der Waals surface area (Å²) in [6.45, 7) is 7.10. The summed E-state index contributed by atoms with van der Waals surface area (Å²) in [5, 5.41) is 0. The summed E-state index contributed by atoms with van der Waals surface area (Å²) in [6, 6.07) is 16.3. The molecule has 2 aromatic rings. The molecule has 1 heterocycles. The van der Waals surface area contributed by atoms with Crippen LogP contribution in [0.25, 0.3) is 0 Å². The predicted octanol–water partition coefficient (Wildman–Crippen LogP) is 4.03. The van der Waals surface area contributed by atoms with E-state index in [9.17, 15) is 4.79 Å². The lowest BCUT2D eigenvalue weighted by atomic mass is 10.1. The summed E-state index contributed by atoms with van der Waals surface area (Å²) in [5.41, 5.74) is 4.24. The Balaban J connectivity index is 1.66. The molecule has 1 aliphatic rings. The van der Waals surface area contributed by atoms with E-state index in [0.717, 1.165) is 44.1 Å². The molecule has 1 saturated heterocycles.